The van der Waals surface area contributed by atoms with Gasteiger partial charge in [-0.15, -0.1) is 0 Å². The standard InChI is InChI=1S/C9H17N2.C8H15N2.C7H13N2O.C7H13N2.4C7H8O3S.8CH4/c1-11(9-6-10)7-4-2-3-5-8-11;1-10(8-5-9)6-3-2-4-7-10;1-9(3-2-8)4-6-10-7-5-9;1-9(7-4-8)5-2-3-6-9;4*1-6-2-4-7(5-3-6)11(8,9)10;;;;;;;;/h2-5,7-9H2,1H3;2-4,6-8H2,1H3;3-7H2,1H3;2-3,5-7H2,1H3;4*2-5H,1H3,(H,8,9,10);8*1H4/q4*+1;;;;;;;;;;;;. The van der Waals surface area contributed by atoms with Gasteiger partial charge in [-0.2, -0.15) is 54.7 Å². The summed E-state index contributed by atoms with van der Waals surface area (Å²) in [5, 5.41) is 34.0. The number of rotatable bonds is 8. The van der Waals surface area contributed by atoms with Crippen molar-refractivity contribution in [1.82, 2.24) is 0 Å². The van der Waals surface area contributed by atoms with E-state index in [0.29, 0.717) is 26.2 Å². The van der Waals surface area contributed by atoms with Crippen molar-refractivity contribution in [3.63, 3.8) is 0 Å². The van der Waals surface area contributed by atoms with Crippen LogP contribution in [-0.4, -0.2) is 190 Å². The van der Waals surface area contributed by atoms with Gasteiger partial charge in [0.2, 0.25) is 0 Å². The van der Waals surface area contributed by atoms with Gasteiger partial charge in [0.1, 0.15) is 37.4 Å². The molecule has 528 valence electrons. The molecule has 4 fully saturated rings. The molecule has 0 spiro atoms. The van der Waals surface area contributed by atoms with Gasteiger partial charge in [0.05, 0.1) is 100 Å². The molecule has 21 nitrogen and oxygen atoms in total. The Morgan fingerprint density at radius 1 is 0.315 bits per heavy atom. The van der Waals surface area contributed by atoms with E-state index < -0.39 is 40.5 Å². The maximum Gasteiger partial charge on any atom is 0.294 e. The highest BCUT2D eigenvalue weighted by Crippen LogP contribution is 2.18. The van der Waals surface area contributed by atoms with E-state index in [9.17, 15) is 33.7 Å². The van der Waals surface area contributed by atoms with E-state index >= 15 is 0 Å². The predicted octanol–water partition coefficient (Wildman–Crippen LogP) is 13.5. The quantitative estimate of drug-likeness (QED) is 0.0723. The van der Waals surface area contributed by atoms with Crippen molar-refractivity contribution in [3.05, 3.63) is 119 Å². The van der Waals surface area contributed by atoms with E-state index in [2.05, 4.69) is 52.5 Å². The molecule has 4 aliphatic rings. The number of likely N-dealkylation sites (N-methyl/N-ethyl adjacent to an activating group) is 1. The molecule has 0 aliphatic carbocycles. The molecule has 0 bridgehead atoms. The second-order valence-electron chi connectivity index (χ2n) is 22.5. The molecular weight excluding hydrogens is 1250 g/mol. The number of nitrogens with zero attached hydrogens (tertiary/aromatic N) is 8. The van der Waals surface area contributed by atoms with E-state index in [-0.39, 0.29) is 79.0 Å². The summed E-state index contributed by atoms with van der Waals surface area (Å²) in [6.45, 7) is 20.8. The largest absolute Gasteiger partial charge is 0.370 e. The van der Waals surface area contributed by atoms with Crippen LogP contribution in [0.25, 0.3) is 0 Å². The Labute approximate surface area is 560 Å². The van der Waals surface area contributed by atoms with Crippen LogP contribution in [0.4, 0.5) is 0 Å². The summed E-state index contributed by atoms with van der Waals surface area (Å²) in [5.41, 5.74) is 3.82. The van der Waals surface area contributed by atoms with E-state index in [0.717, 1.165) is 66.5 Å². The summed E-state index contributed by atoms with van der Waals surface area (Å²) in [6.07, 6.45) is 11.9. The average molecular weight is 1380 g/mol. The lowest BCUT2D eigenvalue weighted by molar-refractivity contribution is -0.910. The van der Waals surface area contributed by atoms with Crippen molar-refractivity contribution in [2.45, 2.75) is 164 Å². The maximum absolute atomic E-state index is 10.5. The smallest absolute Gasteiger partial charge is 0.294 e. The highest BCUT2D eigenvalue weighted by atomic mass is 32.2. The Bertz CT molecular complexity index is 2880. The molecule has 25 heteroatoms. The average Bonchev–Trinajstić information content (AvgIpc) is 1.83. The summed E-state index contributed by atoms with van der Waals surface area (Å²) in [5.74, 6) is 0. The van der Waals surface area contributed by atoms with Crippen LogP contribution in [0.2, 0.25) is 0 Å². The monoisotopic (exact) mass is 1370 g/mol. The Morgan fingerprint density at radius 2 is 0.467 bits per heavy atom. The highest BCUT2D eigenvalue weighted by Gasteiger charge is 2.27. The van der Waals surface area contributed by atoms with Crippen LogP contribution >= 0.6 is 0 Å². The zero-order chi connectivity index (χ0) is 63.7. The van der Waals surface area contributed by atoms with Gasteiger partial charge in [-0.1, -0.05) is 130 Å². The Hall–Kier alpha value is -5.72. The minimum Gasteiger partial charge on any atom is -0.370 e. The molecular formula is C67H122N8O13S4+4. The number of nitriles is 4. The summed E-state index contributed by atoms with van der Waals surface area (Å²) in [4.78, 5) is -0.266. The molecule has 0 radical (unpaired) electrons. The van der Waals surface area contributed by atoms with Crippen molar-refractivity contribution < 1.29 is 74.6 Å². The number of quaternary nitrogens is 4. The SMILES string of the molecule is C.C.C.C.C.C.C.C.C[N+]1(CC#N)CCCC1.C[N+]1(CC#N)CCCCC1.C[N+]1(CC#N)CCCCCC1.C[N+]1(CC#N)CCOCC1.Cc1ccc(S(=O)(=O)O)cc1.Cc1ccc(S(=O)(=O)O)cc1.Cc1ccc(S(=O)(=O)O)cc1.Cc1ccc(S(=O)(=O)O)cc1. The van der Waals surface area contributed by atoms with Crippen molar-refractivity contribution in [2.24, 2.45) is 0 Å². The second-order valence-corrected chi connectivity index (χ2v) is 28.2. The van der Waals surface area contributed by atoms with Crippen LogP contribution in [0.15, 0.2) is 117 Å². The predicted molar refractivity (Wildman–Crippen MR) is 376 cm³/mol. The number of piperidine rings is 1. The van der Waals surface area contributed by atoms with Gasteiger partial charge in [-0.25, -0.2) is 0 Å². The van der Waals surface area contributed by atoms with Gasteiger partial charge in [-0.05, 0) is 121 Å². The van der Waals surface area contributed by atoms with Crippen LogP contribution in [0.3, 0.4) is 0 Å². The second kappa shape index (κ2) is 49.8. The molecule has 8 rings (SSSR count). The number of ether oxygens (including phenoxy) is 1. The molecule has 4 aliphatic heterocycles. The number of aryl methyl sites for hydroxylation is 4. The summed E-state index contributed by atoms with van der Waals surface area (Å²) < 4.78 is 127. The van der Waals surface area contributed by atoms with Crippen LogP contribution in [0.5, 0.6) is 0 Å². The van der Waals surface area contributed by atoms with E-state index in [1.54, 1.807) is 48.5 Å². The van der Waals surface area contributed by atoms with Gasteiger partial charge in [0.15, 0.2) is 26.2 Å². The van der Waals surface area contributed by atoms with Crippen molar-refractivity contribution >= 4 is 40.5 Å². The third kappa shape index (κ3) is 44.8. The fourth-order valence-electron chi connectivity index (χ4n) is 8.77. The first-order chi connectivity index (χ1) is 39.1. The van der Waals surface area contributed by atoms with E-state index in [4.69, 9.17) is 44.0 Å². The Morgan fingerprint density at radius 3 is 0.630 bits per heavy atom. The lowest BCUT2D eigenvalue weighted by atomic mass is 10.1. The molecule has 0 atom stereocenters. The fraction of sp³-hybridized carbons (Fsp3) is 0.582. The van der Waals surface area contributed by atoms with Crippen LogP contribution in [-0.2, 0) is 45.2 Å². The number of hydrogen-bond acceptors (Lipinski definition) is 13. The minimum atomic E-state index is -4.02. The summed E-state index contributed by atoms with van der Waals surface area (Å²) in [7, 11) is -7.43. The van der Waals surface area contributed by atoms with E-state index in [1.165, 1.54) is 146 Å². The molecule has 0 amide bonds. The Kier molecular flexibility index (Phi) is 55.4. The maximum atomic E-state index is 10.5. The van der Waals surface area contributed by atoms with Crippen molar-refractivity contribution in [1.29, 1.82) is 21.0 Å². The van der Waals surface area contributed by atoms with E-state index in [1.807, 2.05) is 27.7 Å². The molecule has 92 heavy (non-hydrogen) atoms. The zero-order valence-corrected chi connectivity index (χ0v) is 53.4. The number of hydrogen-bond donors (Lipinski definition) is 4. The minimum absolute atomic E-state index is 0. The van der Waals surface area contributed by atoms with Gasteiger partial charge in [-0.3, -0.25) is 18.2 Å². The van der Waals surface area contributed by atoms with Crippen LogP contribution < -0.4 is 0 Å². The van der Waals surface area contributed by atoms with Crippen LogP contribution in [0, 0.1) is 73.0 Å². The molecule has 0 aromatic heterocycles. The zero-order valence-electron chi connectivity index (χ0n) is 50.2. The number of likely N-dealkylation sites (tertiary alicyclic amines) is 3. The topological polar surface area (TPSA) is 322 Å². The van der Waals surface area contributed by atoms with Crippen LogP contribution in [0.1, 0.15) is 139 Å². The first kappa shape index (κ1) is 102. The fourth-order valence-corrected chi connectivity index (χ4v) is 10.7. The van der Waals surface area contributed by atoms with Gasteiger partial charge >= 0.3 is 0 Å². The van der Waals surface area contributed by atoms with Crippen molar-refractivity contribution in [2.75, 3.05) is 120 Å². The number of benzene rings is 4. The highest BCUT2D eigenvalue weighted by molar-refractivity contribution is 7.86. The third-order valence-electron chi connectivity index (χ3n) is 14.3. The molecule has 4 aromatic rings. The van der Waals surface area contributed by atoms with Gasteiger partial charge in [0, 0.05) is 12.8 Å². The first-order valence-electron chi connectivity index (χ1n) is 27.6. The molecule has 4 heterocycles. The third-order valence-corrected chi connectivity index (χ3v) is 17.8. The van der Waals surface area contributed by atoms with Crippen molar-refractivity contribution in [3.8, 4) is 24.3 Å². The molecule has 0 saturated carbocycles. The molecule has 4 aromatic carbocycles. The Balaban J connectivity index is -0.000000144. The number of morpholine rings is 1. The molecule has 4 N–H and O–H groups in total. The molecule has 4 saturated heterocycles. The summed E-state index contributed by atoms with van der Waals surface area (Å²) >= 11 is 0. The normalized spacial score (nSPS) is 15.7. The van der Waals surface area contributed by atoms with Gasteiger partial charge < -0.3 is 22.7 Å². The van der Waals surface area contributed by atoms with Gasteiger partial charge in [0.25, 0.3) is 40.5 Å². The lowest BCUT2D eigenvalue weighted by Crippen LogP contribution is -2.51. The molecule has 0 unspecified atom stereocenters. The summed E-state index contributed by atoms with van der Waals surface area (Å²) in [6, 6.07) is 32.9. The first-order valence-corrected chi connectivity index (χ1v) is 33.4. The lowest BCUT2D eigenvalue weighted by Gasteiger charge is -2.35.